The highest BCUT2D eigenvalue weighted by Gasteiger charge is 2.10. The predicted octanol–water partition coefficient (Wildman–Crippen LogP) is 4.33. The molecule has 2 rings (SSSR count). The van der Waals surface area contributed by atoms with Gasteiger partial charge in [-0.2, -0.15) is 0 Å². The summed E-state index contributed by atoms with van der Waals surface area (Å²) in [7, 11) is 0. The monoisotopic (exact) mass is 350 g/mol. The lowest BCUT2D eigenvalue weighted by Crippen LogP contribution is -1.85. The first kappa shape index (κ1) is 11.5. The van der Waals surface area contributed by atoms with Gasteiger partial charge in [0.15, 0.2) is 0 Å². The van der Waals surface area contributed by atoms with Gasteiger partial charge in [-0.1, -0.05) is 36.4 Å². The van der Waals surface area contributed by atoms with Crippen molar-refractivity contribution in [3.05, 3.63) is 21.5 Å². The molecule has 0 bridgehead atoms. The summed E-state index contributed by atoms with van der Waals surface area (Å²) in [5.41, 5.74) is 2.18. The summed E-state index contributed by atoms with van der Waals surface area (Å²) >= 11 is 5.73. The van der Waals surface area contributed by atoms with Gasteiger partial charge in [0.25, 0.3) is 0 Å². The molecule has 0 fully saturated rings. The summed E-state index contributed by atoms with van der Waals surface area (Å²) in [6.07, 6.45) is 0. The zero-order chi connectivity index (χ0) is 10.8. The van der Waals surface area contributed by atoms with Gasteiger partial charge in [0.2, 0.25) is 0 Å². The molecule has 0 atom stereocenters. The van der Waals surface area contributed by atoms with Crippen LogP contribution in [-0.2, 0) is 4.43 Å². The van der Waals surface area contributed by atoms with E-state index in [1.807, 2.05) is 0 Å². The van der Waals surface area contributed by atoms with Crippen LogP contribution < -0.4 is 0 Å². The zero-order valence-electron chi connectivity index (χ0n) is 8.53. The van der Waals surface area contributed by atoms with E-state index in [2.05, 4.69) is 57.2 Å². The summed E-state index contributed by atoms with van der Waals surface area (Å²) < 4.78 is 0.968. The van der Waals surface area contributed by atoms with E-state index in [-0.39, 0.29) is 0 Å². The van der Waals surface area contributed by atoms with Crippen molar-refractivity contribution in [3.8, 4) is 10.7 Å². The van der Waals surface area contributed by atoms with Gasteiger partial charge in [0.1, 0.15) is 10.7 Å². The molecule has 0 unspecified atom stereocenters. The molecule has 0 spiro atoms. The van der Waals surface area contributed by atoms with Crippen molar-refractivity contribution in [2.24, 2.45) is 0 Å². The molecule has 2 aromatic heterocycles. The van der Waals surface area contributed by atoms with Crippen molar-refractivity contribution in [3.63, 3.8) is 0 Å². The van der Waals surface area contributed by atoms with E-state index >= 15 is 0 Å². The van der Waals surface area contributed by atoms with Gasteiger partial charge in [0.05, 0.1) is 10.7 Å². The average molecular weight is 350 g/mol. The lowest BCUT2D eigenvalue weighted by molar-refractivity contribution is 0.853. The number of alkyl halides is 1. The molecule has 2 aromatic rings. The molecular formula is C10H11IN2S2. The number of hydrogen-bond acceptors (Lipinski definition) is 4. The molecule has 2 heterocycles. The van der Waals surface area contributed by atoms with Crippen LogP contribution >= 0.6 is 45.3 Å². The minimum absolute atomic E-state index is 0.507. The van der Waals surface area contributed by atoms with Gasteiger partial charge in [-0.25, -0.2) is 9.97 Å². The molecule has 0 aliphatic heterocycles. The van der Waals surface area contributed by atoms with E-state index in [0.29, 0.717) is 5.92 Å². The molecule has 0 N–H and O–H groups in total. The highest BCUT2D eigenvalue weighted by molar-refractivity contribution is 14.1. The normalized spacial score (nSPS) is 11.2. The minimum Gasteiger partial charge on any atom is -0.239 e. The van der Waals surface area contributed by atoms with Crippen LogP contribution in [0.25, 0.3) is 10.7 Å². The molecule has 2 nitrogen and oxygen atoms in total. The molecule has 0 aromatic carbocycles. The number of hydrogen-bond donors (Lipinski definition) is 0. The van der Waals surface area contributed by atoms with Gasteiger partial charge < -0.3 is 0 Å². The quantitative estimate of drug-likeness (QED) is 0.608. The fraction of sp³-hybridized carbons (Fsp3) is 0.400. The summed E-state index contributed by atoms with van der Waals surface area (Å²) in [5, 5.41) is 6.45. The molecule has 5 heteroatoms. The van der Waals surface area contributed by atoms with Crippen LogP contribution in [0.15, 0.2) is 10.8 Å². The van der Waals surface area contributed by atoms with Crippen LogP contribution in [0.5, 0.6) is 0 Å². The molecule has 0 radical (unpaired) electrons. The van der Waals surface area contributed by atoms with Gasteiger partial charge in [-0.3, -0.25) is 0 Å². The van der Waals surface area contributed by atoms with Crippen molar-refractivity contribution in [2.75, 3.05) is 0 Å². The Kier molecular flexibility index (Phi) is 3.73. The molecule has 0 aliphatic carbocycles. The largest absolute Gasteiger partial charge is 0.239 e. The van der Waals surface area contributed by atoms with E-state index < -0.39 is 0 Å². The molecule has 80 valence electrons. The Balaban J connectivity index is 2.28. The van der Waals surface area contributed by atoms with Crippen LogP contribution in [0, 0.1) is 0 Å². The predicted molar refractivity (Wildman–Crippen MR) is 75.0 cm³/mol. The first-order chi connectivity index (χ1) is 7.20. The second-order valence-corrected chi connectivity index (χ2v) is 6.01. The Labute approximate surface area is 111 Å². The number of thiazole rings is 2. The second kappa shape index (κ2) is 4.88. The van der Waals surface area contributed by atoms with Crippen LogP contribution in [-0.4, -0.2) is 9.97 Å². The molecule has 0 aliphatic rings. The summed E-state index contributed by atoms with van der Waals surface area (Å²) in [6, 6.07) is 0. The van der Waals surface area contributed by atoms with E-state index in [4.69, 9.17) is 0 Å². The number of aromatic nitrogens is 2. The Morgan fingerprint density at radius 1 is 1.27 bits per heavy atom. The topological polar surface area (TPSA) is 25.8 Å². The van der Waals surface area contributed by atoms with Crippen LogP contribution in [0.3, 0.4) is 0 Å². The highest BCUT2D eigenvalue weighted by atomic mass is 127. The Morgan fingerprint density at radius 2 is 2.07 bits per heavy atom. The molecule has 0 amide bonds. The summed E-state index contributed by atoms with van der Waals surface area (Å²) in [5.74, 6) is 0.507. The van der Waals surface area contributed by atoms with E-state index in [9.17, 15) is 0 Å². The van der Waals surface area contributed by atoms with E-state index in [1.54, 1.807) is 22.7 Å². The van der Waals surface area contributed by atoms with Crippen molar-refractivity contribution in [1.82, 2.24) is 9.97 Å². The van der Waals surface area contributed by atoms with Crippen molar-refractivity contribution < 1.29 is 0 Å². The highest BCUT2D eigenvalue weighted by Crippen LogP contribution is 2.28. The van der Waals surface area contributed by atoms with Gasteiger partial charge in [-0.05, 0) is 0 Å². The third kappa shape index (κ3) is 2.57. The molecule has 15 heavy (non-hydrogen) atoms. The molecular weight excluding hydrogens is 339 g/mol. The smallest absolute Gasteiger partial charge is 0.143 e. The molecule has 0 saturated heterocycles. The van der Waals surface area contributed by atoms with Crippen molar-refractivity contribution >= 4 is 45.3 Å². The van der Waals surface area contributed by atoms with Gasteiger partial charge in [-0.15, -0.1) is 22.7 Å². The molecule has 0 saturated carbocycles. The maximum absolute atomic E-state index is 4.59. The van der Waals surface area contributed by atoms with Crippen LogP contribution in [0.1, 0.15) is 30.5 Å². The number of rotatable bonds is 3. The first-order valence-electron chi connectivity index (χ1n) is 4.67. The van der Waals surface area contributed by atoms with Crippen LogP contribution in [0.2, 0.25) is 0 Å². The number of nitrogens with zero attached hydrogens (tertiary/aromatic N) is 2. The lowest BCUT2D eigenvalue weighted by atomic mass is 10.2. The Hall–Kier alpha value is -0.0100. The summed E-state index contributed by atoms with van der Waals surface area (Å²) in [6.45, 7) is 4.33. The summed E-state index contributed by atoms with van der Waals surface area (Å²) in [4.78, 5) is 9.12. The van der Waals surface area contributed by atoms with Crippen molar-refractivity contribution in [2.45, 2.75) is 24.2 Å². The third-order valence-electron chi connectivity index (χ3n) is 1.92. The minimum atomic E-state index is 0.507. The number of halogens is 1. The first-order valence-corrected chi connectivity index (χ1v) is 7.95. The SMILES string of the molecule is CC(C)c1nc(-c2nc(CI)cs2)cs1. The van der Waals surface area contributed by atoms with Crippen LogP contribution in [0.4, 0.5) is 0 Å². The van der Waals surface area contributed by atoms with Gasteiger partial charge >= 0.3 is 0 Å². The van der Waals surface area contributed by atoms with E-state index in [1.165, 1.54) is 5.01 Å². The zero-order valence-corrected chi connectivity index (χ0v) is 12.3. The standard InChI is InChI=1S/C10H11IN2S2/c1-6(2)9-13-8(5-15-9)10-12-7(3-11)4-14-10/h4-6H,3H2,1-2H3. The third-order valence-corrected chi connectivity index (χ3v) is 4.76. The fourth-order valence-electron chi connectivity index (χ4n) is 1.14. The maximum atomic E-state index is 4.59. The van der Waals surface area contributed by atoms with Crippen molar-refractivity contribution in [1.29, 1.82) is 0 Å². The Bertz CT molecular complexity index is 448. The average Bonchev–Trinajstić information content (AvgIpc) is 2.86. The maximum Gasteiger partial charge on any atom is 0.143 e. The van der Waals surface area contributed by atoms with E-state index in [0.717, 1.165) is 20.8 Å². The Morgan fingerprint density at radius 3 is 2.60 bits per heavy atom. The second-order valence-electron chi connectivity index (χ2n) is 3.50. The van der Waals surface area contributed by atoms with Gasteiger partial charge in [0, 0.05) is 21.1 Å². The lowest BCUT2D eigenvalue weighted by Gasteiger charge is -1.95. The fourth-order valence-corrected chi connectivity index (χ4v) is 3.50.